The maximum atomic E-state index is 12.9. The van der Waals surface area contributed by atoms with Crippen molar-refractivity contribution in [2.24, 2.45) is 5.92 Å². The van der Waals surface area contributed by atoms with Gasteiger partial charge in [-0.3, -0.25) is 9.59 Å². The van der Waals surface area contributed by atoms with Gasteiger partial charge in [0.05, 0.1) is 21.7 Å². The Labute approximate surface area is 138 Å². The SMILES string of the molecule is Cc1nc(C)c(C(=O)C2C(=O)c3c(C4CC4)cccc3C2O)s1. The van der Waals surface area contributed by atoms with E-state index in [4.69, 9.17) is 0 Å². The number of nitrogens with zero attached hydrogens (tertiary/aromatic N) is 1. The normalized spacial score (nSPS) is 23.2. The number of aryl methyl sites for hydroxylation is 2. The van der Waals surface area contributed by atoms with Crippen LogP contribution in [0.1, 0.15) is 66.7 Å². The van der Waals surface area contributed by atoms with Gasteiger partial charge in [-0.15, -0.1) is 11.3 Å². The zero-order valence-corrected chi connectivity index (χ0v) is 13.8. The highest BCUT2D eigenvalue weighted by atomic mass is 32.1. The molecule has 2 aromatic rings. The van der Waals surface area contributed by atoms with Crippen LogP contribution in [0.15, 0.2) is 18.2 Å². The molecule has 1 aromatic heterocycles. The van der Waals surface area contributed by atoms with Gasteiger partial charge in [0.15, 0.2) is 11.6 Å². The quantitative estimate of drug-likeness (QED) is 0.693. The molecule has 4 nitrogen and oxygen atoms in total. The maximum absolute atomic E-state index is 12.9. The molecule has 0 saturated heterocycles. The minimum absolute atomic E-state index is 0.231. The lowest BCUT2D eigenvalue weighted by molar-refractivity contribution is 0.0637. The van der Waals surface area contributed by atoms with Crippen molar-refractivity contribution in [1.82, 2.24) is 4.98 Å². The van der Waals surface area contributed by atoms with Crippen LogP contribution in [0.5, 0.6) is 0 Å². The van der Waals surface area contributed by atoms with Crippen molar-refractivity contribution in [2.45, 2.75) is 38.7 Å². The van der Waals surface area contributed by atoms with Crippen molar-refractivity contribution in [2.75, 3.05) is 0 Å². The van der Waals surface area contributed by atoms with E-state index in [1.807, 2.05) is 19.1 Å². The molecule has 1 heterocycles. The third kappa shape index (κ3) is 2.18. The fourth-order valence-electron chi connectivity index (χ4n) is 3.50. The Morgan fingerprint density at radius 2 is 1.96 bits per heavy atom. The molecule has 0 spiro atoms. The van der Waals surface area contributed by atoms with Gasteiger partial charge < -0.3 is 5.11 Å². The number of aliphatic hydroxyl groups is 1. The molecule has 0 bridgehead atoms. The lowest BCUT2D eigenvalue weighted by atomic mass is 9.95. The smallest absolute Gasteiger partial charge is 0.188 e. The van der Waals surface area contributed by atoms with Crippen molar-refractivity contribution < 1.29 is 14.7 Å². The van der Waals surface area contributed by atoms with Crippen LogP contribution in [0.4, 0.5) is 0 Å². The molecule has 1 saturated carbocycles. The first kappa shape index (κ1) is 14.7. The minimum Gasteiger partial charge on any atom is -0.387 e. The molecule has 2 unspecified atom stereocenters. The summed E-state index contributed by atoms with van der Waals surface area (Å²) in [4.78, 5) is 30.5. The second-order valence-electron chi connectivity index (χ2n) is 6.38. The van der Waals surface area contributed by atoms with Gasteiger partial charge in [0.25, 0.3) is 0 Å². The van der Waals surface area contributed by atoms with Gasteiger partial charge in [-0.05, 0) is 43.7 Å². The highest BCUT2D eigenvalue weighted by molar-refractivity contribution is 7.13. The number of rotatable bonds is 3. The molecule has 1 N–H and O–H groups in total. The van der Waals surface area contributed by atoms with Gasteiger partial charge in [-0.2, -0.15) is 0 Å². The average Bonchev–Trinajstić information content (AvgIpc) is 3.26. The summed E-state index contributed by atoms with van der Waals surface area (Å²) in [6.45, 7) is 3.60. The first-order valence-corrected chi connectivity index (χ1v) is 8.64. The highest BCUT2D eigenvalue weighted by Gasteiger charge is 2.46. The summed E-state index contributed by atoms with van der Waals surface area (Å²) in [7, 11) is 0. The highest BCUT2D eigenvalue weighted by Crippen LogP contribution is 2.47. The van der Waals surface area contributed by atoms with Crippen LogP contribution < -0.4 is 0 Å². The second kappa shape index (κ2) is 5.08. The molecule has 2 atom stereocenters. The topological polar surface area (TPSA) is 67.3 Å². The van der Waals surface area contributed by atoms with Gasteiger partial charge in [0, 0.05) is 5.56 Å². The maximum Gasteiger partial charge on any atom is 0.188 e. The molecule has 4 rings (SSSR count). The van der Waals surface area contributed by atoms with E-state index in [1.54, 1.807) is 13.0 Å². The molecular formula is C18H17NO3S. The second-order valence-corrected chi connectivity index (χ2v) is 7.59. The summed E-state index contributed by atoms with van der Waals surface area (Å²) < 4.78 is 0. The molecule has 2 aliphatic carbocycles. The molecule has 2 aliphatic rings. The Bertz CT molecular complexity index is 835. The van der Waals surface area contributed by atoms with Crippen LogP contribution >= 0.6 is 11.3 Å². The minimum atomic E-state index is -1.05. The van der Waals surface area contributed by atoms with Crippen molar-refractivity contribution in [1.29, 1.82) is 0 Å². The molecule has 0 aliphatic heterocycles. The van der Waals surface area contributed by atoms with Gasteiger partial charge in [-0.25, -0.2) is 4.98 Å². The monoisotopic (exact) mass is 327 g/mol. The molecular weight excluding hydrogens is 310 g/mol. The number of thiazole rings is 1. The number of hydrogen-bond donors (Lipinski definition) is 1. The summed E-state index contributed by atoms with van der Waals surface area (Å²) in [6, 6.07) is 5.59. The lowest BCUT2D eigenvalue weighted by Gasteiger charge is -2.11. The molecule has 118 valence electrons. The Hall–Kier alpha value is -1.85. The number of carbonyl (C=O) groups is 2. The van der Waals surface area contributed by atoms with E-state index in [9.17, 15) is 14.7 Å². The van der Waals surface area contributed by atoms with Gasteiger partial charge >= 0.3 is 0 Å². The van der Waals surface area contributed by atoms with E-state index in [0.29, 0.717) is 27.6 Å². The van der Waals surface area contributed by atoms with E-state index >= 15 is 0 Å². The zero-order chi connectivity index (χ0) is 16.3. The fourth-order valence-corrected chi connectivity index (χ4v) is 4.40. The summed E-state index contributed by atoms with van der Waals surface area (Å²) >= 11 is 1.29. The van der Waals surface area contributed by atoms with Gasteiger partial charge in [0.1, 0.15) is 5.92 Å². The van der Waals surface area contributed by atoms with Crippen LogP contribution in [-0.2, 0) is 0 Å². The molecule has 0 amide bonds. The van der Waals surface area contributed by atoms with Crippen LogP contribution in [-0.4, -0.2) is 21.7 Å². The third-order valence-electron chi connectivity index (χ3n) is 4.72. The summed E-state index contributed by atoms with van der Waals surface area (Å²) in [5, 5.41) is 11.4. The van der Waals surface area contributed by atoms with Crippen molar-refractivity contribution in [3.63, 3.8) is 0 Å². The van der Waals surface area contributed by atoms with Crippen molar-refractivity contribution in [3.05, 3.63) is 50.5 Å². The first-order chi connectivity index (χ1) is 11.0. The Morgan fingerprint density at radius 3 is 2.57 bits per heavy atom. The Balaban J connectivity index is 1.77. The average molecular weight is 327 g/mol. The third-order valence-corrected chi connectivity index (χ3v) is 5.81. The Morgan fingerprint density at radius 1 is 1.26 bits per heavy atom. The van der Waals surface area contributed by atoms with Crippen molar-refractivity contribution >= 4 is 22.9 Å². The summed E-state index contributed by atoms with van der Waals surface area (Å²) in [5.74, 6) is -1.15. The number of ketones is 2. The van der Waals surface area contributed by atoms with E-state index in [-0.39, 0.29) is 11.6 Å². The number of aliphatic hydroxyl groups excluding tert-OH is 1. The van der Waals surface area contributed by atoms with E-state index < -0.39 is 12.0 Å². The van der Waals surface area contributed by atoms with E-state index in [2.05, 4.69) is 4.98 Å². The van der Waals surface area contributed by atoms with Gasteiger partial charge in [-0.1, -0.05) is 18.2 Å². The van der Waals surface area contributed by atoms with E-state index in [1.165, 1.54) is 11.3 Å². The number of hydrogen-bond acceptors (Lipinski definition) is 5. The zero-order valence-electron chi connectivity index (χ0n) is 13.0. The number of Topliss-reactive ketones (excluding diaryl/α,β-unsaturated/α-hetero) is 2. The standard InChI is InChI=1S/C18H17NO3S/c1-8-18(23-9(2)19-8)17(22)14-15(20)12-5-3-4-11(10-6-7-10)13(12)16(14)21/h3-5,10,14-15,20H,6-7H2,1-2H3. The molecule has 23 heavy (non-hydrogen) atoms. The molecule has 0 radical (unpaired) electrons. The van der Waals surface area contributed by atoms with Crippen LogP contribution in [0.25, 0.3) is 0 Å². The summed E-state index contributed by atoms with van der Waals surface area (Å²) in [5.41, 5.74) is 2.83. The predicted molar refractivity (Wildman–Crippen MR) is 87.1 cm³/mol. The largest absolute Gasteiger partial charge is 0.387 e. The molecule has 1 fully saturated rings. The van der Waals surface area contributed by atoms with Crippen molar-refractivity contribution in [3.8, 4) is 0 Å². The summed E-state index contributed by atoms with van der Waals surface area (Å²) in [6.07, 6.45) is 1.10. The van der Waals surface area contributed by atoms with Crippen LogP contribution in [0.2, 0.25) is 0 Å². The Kier molecular flexibility index (Phi) is 3.25. The van der Waals surface area contributed by atoms with Gasteiger partial charge in [0.2, 0.25) is 0 Å². The number of carbonyl (C=O) groups excluding carboxylic acids is 2. The molecule has 1 aromatic carbocycles. The van der Waals surface area contributed by atoms with Crippen LogP contribution in [0.3, 0.4) is 0 Å². The van der Waals surface area contributed by atoms with Crippen LogP contribution in [0, 0.1) is 19.8 Å². The molecule has 5 heteroatoms. The number of aromatic nitrogens is 1. The lowest BCUT2D eigenvalue weighted by Crippen LogP contribution is -2.24. The first-order valence-electron chi connectivity index (χ1n) is 7.82. The number of benzene rings is 1. The predicted octanol–water partition coefficient (Wildman–Crippen LogP) is 3.37. The fraction of sp³-hybridized carbons (Fsp3) is 0.389. The van der Waals surface area contributed by atoms with E-state index in [0.717, 1.165) is 23.4 Å². The number of fused-ring (bicyclic) bond motifs is 1.